The molecule has 0 radical (unpaired) electrons. The summed E-state index contributed by atoms with van der Waals surface area (Å²) in [4.78, 5) is 16.8. The SMILES string of the molecule is CC1CC1NCc1nc2ccc(C#Cc3ccc4c(ccc5[nH]c([C@@H]6C[C@H]7CC76)nc54)c3)cc2[nH]1. The molecule has 0 saturated heterocycles. The number of nitrogens with one attached hydrogen (secondary N) is 3. The molecular formula is C30H27N5. The summed E-state index contributed by atoms with van der Waals surface area (Å²) in [5.74, 6) is 12.2. The summed E-state index contributed by atoms with van der Waals surface area (Å²) in [6.45, 7) is 3.07. The highest BCUT2D eigenvalue weighted by Crippen LogP contribution is 2.63. The average molecular weight is 458 g/mol. The Hall–Kier alpha value is -3.62. The van der Waals surface area contributed by atoms with E-state index in [9.17, 15) is 0 Å². The van der Waals surface area contributed by atoms with Crippen LogP contribution >= 0.6 is 0 Å². The second-order valence-corrected chi connectivity index (χ2v) is 10.9. The highest BCUT2D eigenvalue weighted by Gasteiger charge is 2.54. The van der Waals surface area contributed by atoms with Gasteiger partial charge in [-0.25, -0.2) is 9.97 Å². The number of hydrogen-bond acceptors (Lipinski definition) is 3. The van der Waals surface area contributed by atoms with Crippen LogP contribution in [0.2, 0.25) is 0 Å². The summed E-state index contributed by atoms with van der Waals surface area (Å²) in [6.07, 6.45) is 3.98. The van der Waals surface area contributed by atoms with E-state index in [-0.39, 0.29) is 0 Å². The van der Waals surface area contributed by atoms with Crippen LogP contribution < -0.4 is 5.32 Å². The standard InChI is InChI=1S/C30H27N5/c1-16-10-26(16)31-15-28-32-24-8-5-18(12-27(24)33-28)3-2-17-4-7-21-19(11-17)6-9-25-29(21)35-30(34-25)23-14-20-13-22(20)23/h4-9,11-12,16,20,22-23,26,31H,10,13-15H2,1H3,(H,32,33)(H,34,35)/t16?,20-,22?,23-,26?/m1/s1. The van der Waals surface area contributed by atoms with Crippen LogP contribution in [0.15, 0.2) is 48.5 Å². The molecule has 0 amide bonds. The van der Waals surface area contributed by atoms with Crippen molar-refractivity contribution in [1.29, 1.82) is 0 Å². The first-order valence-electron chi connectivity index (χ1n) is 12.8. The lowest BCUT2D eigenvalue weighted by atomic mass is 9.85. The normalized spacial score (nSPS) is 26.4. The van der Waals surface area contributed by atoms with Gasteiger partial charge in [0.15, 0.2) is 0 Å². The molecule has 3 aliphatic carbocycles. The molecule has 3 fully saturated rings. The maximum absolute atomic E-state index is 5.02. The number of aromatic amines is 2. The molecule has 3 unspecified atom stereocenters. The molecule has 3 N–H and O–H groups in total. The summed E-state index contributed by atoms with van der Waals surface area (Å²) in [5.41, 5.74) is 6.26. The van der Waals surface area contributed by atoms with Crippen LogP contribution in [0.25, 0.3) is 32.8 Å². The zero-order chi connectivity index (χ0) is 23.1. The fraction of sp³-hybridized carbons (Fsp3) is 0.333. The van der Waals surface area contributed by atoms with Crippen molar-refractivity contribution >= 4 is 32.8 Å². The molecule has 5 atom stereocenters. The van der Waals surface area contributed by atoms with Crippen molar-refractivity contribution in [1.82, 2.24) is 25.3 Å². The Morgan fingerprint density at radius 3 is 2.57 bits per heavy atom. The fourth-order valence-electron chi connectivity index (χ4n) is 5.93. The Morgan fingerprint density at radius 2 is 1.77 bits per heavy atom. The van der Waals surface area contributed by atoms with Crippen molar-refractivity contribution in [2.45, 2.75) is 44.7 Å². The van der Waals surface area contributed by atoms with E-state index in [0.29, 0.717) is 12.0 Å². The van der Waals surface area contributed by atoms with Gasteiger partial charge in [-0.2, -0.15) is 0 Å². The highest BCUT2D eigenvalue weighted by molar-refractivity contribution is 6.04. The Bertz CT molecular complexity index is 1700. The smallest absolute Gasteiger partial charge is 0.121 e. The molecule has 0 spiro atoms. The minimum atomic E-state index is 0.644. The summed E-state index contributed by atoms with van der Waals surface area (Å²) >= 11 is 0. The van der Waals surface area contributed by atoms with Crippen molar-refractivity contribution in [3.63, 3.8) is 0 Å². The largest absolute Gasteiger partial charge is 0.342 e. The minimum Gasteiger partial charge on any atom is -0.342 e. The van der Waals surface area contributed by atoms with E-state index in [1.54, 1.807) is 0 Å². The number of hydrogen-bond donors (Lipinski definition) is 3. The predicted molar refractivity (Wildman–Crippen MR) is 139 cm³/mol. The quantitative estimate of drug-likeness (QED) is 0.307. The van der Waals surface area contributed by atoms with Gasteiger partial charge in [0.25, 0.3) is 0 Å². The summed E-state index contributed by atoms with van der Waals surface area (Å²) in [6, 6.07) is 17.6. The van der Waals surface area contributed by atoms with Gasteiger partial charge >= 0.3 is 0 Å². The Balaban J connectivity index is 1.05. The maximum Gasteiger partial charge on any atom is 0.121 e. The van der Waals surface area contributed by atoms with E-state index in [0.717, 1.165) is 63.3 Å². The lowest BCUT2D eigenvalue weighted by Gasteiger charge is -2.21. The lowest BCUT2D eigenvalue weighted by molar-refractivity contribution is 0.374. The van der Waals surface area contributed by atoms with Crippen LogP contribution in [0.5, 0.6) is 0 Å². The Labute approximate surface area is 203 Å². The molecule has 0 bridgehead atoms. The van der Waals surface area contributed by atoms with Crippen molar-refractivity contribution in [3.8, 4) is 11.8 Å². The number of aromatic nitrogens is 4. The van der Waals surface area contributed by atoms with Gasteiger partial charge in [-0.3, -0.25) is 0 Å². The van der Waals surface area contributed by atoms with Crippen LogP contribution in [0.4, 0.5) is 0 Å². The highest BCUT2D eigenvalue weighted by atomic mass is 15.0. The molecule has 3 aromatic carbocycles. The number of fused-ring (bicyclic) bond motifs is 5. The number of benzene rings is 3. The zero-order valence-electron chi connectivity index (χ0n) is 19.7. The number of nitrogens with zero attached hydrogens (tertiary/aromatic N) is 2. The van der Waals surface area contributed by atoms with Gasteiger partial charge in [0.05, 0.1) is 28.6 Å². The summed E-state index contributed by atoms with van der Waals surface area (Å²) in [5, 5.41) is 5.94. The summed E-state index contributed by atoms with van der Waals surface area (Å²) < 4.78 is 0. The molecule has 8 rings (SSSR count). The molecule has 2 aromatic heterocycles. The second-order valence-electron chi connectivity index (χ2n) is 10.9. The average Bonchev–Trinajstić information content (AvgIpc) is 3.57. The van der Waals surface area contributed by atoms with E-state index in [1.165, 1.54) is 35.9 Å². The van der Waals surface area contributed by atoms with Crippen LogP contribution in [-0.2, 0) is 6.54 Å². The lowest BCUT2D eigenvalue weighted by Crippen LogP contribution is -2.17. The second kappa shape index (κ2) is 7.19. The fourth-order valence-corrected chi connectivity index (χ4v) is 5.93. The third-order valence-corrected chi connectivity index (χ3v) is 8.41. The van der Waals surface area contributed by atoms with Crippen LogP contribution in [-0.4, -0.2) is 26.0 Å². The van der Waals surface area contributed by atoms with E-state index in [4.69, 9.17) is 9.97 Å². The molecular weight excluding hydrogens is 430 g/mol. The van der Waals surface area contributed by atoms with Crippen molar-refractivity contribution < 1.29 is 0 Å². The first-order valence-corrected chi connectivity index (χ1v) is 12.8. The molecule has 2 heterocycles. The van der Waals surface area contributed by atoms with Crippen LogP contribution in [0, 0.1) is 29.6 Å². The van der Waals surface area contributed by atoms with Gasteiger partial charge in [-0.05, 0) is 78.8 Å². The molecule has 3 saturated carbocycles. The predicted octanol–water partition coefficient (Wildman–Crippen LogP) is 5.61. The third kappa shape index (κ3) is 3.36. The summed E-state index contributed by atoms with van der Waals surface area (Å²) in [7, 11) is 0. The van der Waals surface area contributed by atoms with Gasteiger partial charge < -0.3 is 15.3 Å². The van der Waals surface area contributed by atoms with Gasteiger partial charge in [0, 0.05) is 28.5 Å². The maximum atomic E-state index is 5.02. The number of H-pyrrole nitrogens is 2. The van der Waals surface area contributed by atoms with E-state index < -0.39 is 0 Å². The van der Waals surface area contributed by atoms with Crippen molar-refractivity contribution in [2.24, 2.45) is 17.8 Å². The molecule has 5 nitrogen and oxygen atoms in total. The number of imidazole rings is 2. The van der Waals surface area contributed by atoms with Gasteiger partial charge in [-0.1, -0.05) is 30.9 Å². The first kappa shape index (κ1) is 19.7. The van der Waals surface area contributed by atoms with Crippen LogP contribution in [0.1, 0.15) is 54.9 Å². The molecule has 172 valence electrons. The zero-order valence-corrected chi connectivity index (χ0v) is 19.7. The van der Waals surface area contributed by atoms with E-state index in [2.05, 4.69) is 82.6 Å². The Kier molecular flexibility index (Phi) is 4.04. The molecule has 5 heteroatoms. The monoisotopic (exact) mass is 457 g/mol. The van der Waals surface area contributed by atoms with Crippen LogP contribution in [0.3, 0.4) is 0 Å². The molecule has 5 aromatic rings. The molecule has 3 aliphatic rings. The van der Waals surface area contributed by atoms with Gasteiger partial charge in [0.2, 0.25) is 0 Å². The topological polar surface area (TPSA) is 69.4 Å². The van der Waals surface area contributed by atoms with Crippen molar-refractivity contribution in [3.05, 3.63) is 71.3 Å². The number of rotatable bonds is 4. The third-order valence-electron chi connectivity index (χ3n) is 8.41. The molecule has 35 heavy (non-hydrogen) atoms. The molecule has 0 aliphatic heterocycles. The minimum absolute atomic E-state index is 0.644. The van der Waals surface area contributed by atoms with Gasteiger partial charge in [0.1, 0.15) is 11.6 Å². The van der Waals surface area contributed by atoms with Gasteiger partial charge in [-0.15, -0.1) is 0 Å². The van der Waals surface area contributed by atoms with E-state index >= 15 is 0 Å². The van der Waals surface area contributed by atoms with Crippen molar-refractivity contribution in [2.75, 3.05) is 0 Å². The Morgan fingerprint density at radius 1 is 0.914 bits per heavy atom. The first-order chi connectivity index (χ1) is 17.2. The van der Waals surface area contributed by atoms with E-state index in [1.807, 2.05) is 0 Å².